The van der Waals surface area contributed by atoms with Crippen LogP contribution in [0, 0.1) is 42.9 Å². The largest absolute Gasteiger partial charge is 0.270 e. The van der Waals surface area contributed by atoms with Crippen LogP contribution in [0.4, 0.5) is 0 Å². The Hall–Kier alpha value is -1.62. The van der Waals surface area contributed by atoms with Gasteiger partial charge in [0.1, 0.15) is 0 Å². The van der Waals surface area contributed by atoms with Crippen LogP contribution in [-0.2, 0) is 0 Å². The van der Waals surface area contributed by atoms with Crippen molar-refractivity contribution in [2.45, 2.75) is 0 Å². The first-order valence-corrected chi connectivity index (χ1v) is 6.53. The van der Waals surface area contributed by atoms with Crippen LogP contribution in [0.5, 0.6) is 0 Å². The molecule has 0 amide bonds. The summed E-state index contributed by atoms with van der Waals surface area (Å²) in [5, 5.41) is 18.8. The molecule has 0 saturated carbocycles. The highest BCUT2D eigenvalue weighted by Gasteiger charge is 2.05. The molecule has 1 rings (SSSR count). The fourth-order valence-corrected chi connectivity index (χ4v) is 2.65. The van der Waals surface area contributed by atoms with Gasteiger partial charge in [0.2, 0.25) is 0 Å². The van der Waals surface area contributed by atoms with E-state index in [4.69, 9.17) is 23.7 Å². The average molecular weight is 456 g/mol. The first kappa shape index (κ1) is 14.4. The van der Waals surface area contributed by atoms with E-state index in [1.807, 2.05) is 57.3 Å². The zero-order chi connectivity index (χ0) is 13.7. The Morgan fingerprint density at radius 2 is 1.28 bits per heavy atom. The van der Waals surface area contributed by atoms with Crippen molar-refractivity contribution >= 4 is 56.6 Å². The van der Waals surface area contributed by atoms with Crippen LogP contribution >= 0.6 is 45.2 Å². The van der Waals surface area contributed by atoms with Gasteiger partial charge < -0.3 is 0 Å². The first-order valence-electron chi connectivity index (χ1n) is 4.37. The Morgan fingerprint density at radius 3 is 1.50 bits per heavy atom. The lowest BCUT2D eigenvalue weighted by Gasteiger charge is -1.98. The Balaban J connectivity index is 3.96. The minimum absolute atomic E-state index is 0.00480. The van der Waals surface area contributed by atoms with Gasteiger partial charge in [-0.25, -0.2) is 20.2 Å². The summed E-state index contributed by atoms with van der Waals surface area (Å²) in [6, 6.07) is 6.97. The van der Waals surface area contributed by atoms with Crippen molar-refractivity contribution < 1.29 is 0 Å². The summed E-state index contributed by atoms with van der Waals surface area (Å²) in [6.07, 6.45) is 0. The van der Waals surface area contributed by atoms with Gasteiger partial charge in [-0.2, -0.15) is 0 Å². The monoisotopic (exact) mass is 456 g/mol. The lowest BCUT2D eigenvalue weighted by molar-refractivity contribution is 1.42. The second-order valence-corrected chi connectivity index (χ2v) is 5.28. The molecule has 0 radical (unpaired) electrons. The number of nitrogens with zero attached hydrogens (tertiary/aromatic N) is 4. The predicted octanol–water partition coefficient (Wildman–Crippen LogP) is 2.00. The molecule has 18 heavy (non-hydrogen) atoms. The smallest absolute Gasteiger partial charge is 0.226 e. The van der Waals surface area contributed by atoms with Crippen molar-refractivity contribution in [3.8, 4) is 12.1 Å². The topological polar surface area (TPSA) is 56.3 Å². The molecule has 0 aliphatic rings. The van der Waals surface area contributed by atoms with E-state index in [1.54, 1.807) is 12.1 Å². The lowest BCUT2D eigenvalue weighted by Crippen LogP contribution is -2.19. The van der Waals surface area contributed by atoms with Gasteiger partial charge in [-0.1, -0.05) is 12.1 Å². The van der Waals surface area contributed by atoms with E-state index in [0.29, 0.717) is 17.6 Å². The molecule has 0 aromatic heterocycles. The van der Waals surface area contributed by atoms with Gasteiger partial charge in [0.25, 0.3) is 11.4 Å². The van der Waals surface area contributed by atoms with Gasteiger partial charge in [-0.15, -0.1) is 0 Å². The van der Waals surface area contributed by atoms with Crippen LogP contribution in [0.3, 0.4) is 0 Å². The molecule has 0 heterocycles. The van der Waals surface area contributed by atoms with Crippen molar-refractivity contribution in [3.63, 3.8) is 0 Å². The number of nitriles is 2. The number of halogens is 2. The maximum Gasteiger partial charge on any atom is 0.270 e. The van der Waals surface area contributed by atoms with Gasteiger partial charge in [0, 0.05) is 17.6 Å². The number of benzene rings is 1. The van der Waals surface area contributed by atoms with E-state index in [1.165, 1.54) is 0 Å². The highest BCUT2D eigenvalue weighted by Crippen LogP contribution is 2.05. The maximum atomic E-state index is 8.85. The van der Waals surface area contributed by atoms with Gasteiger partial charge in [-0.3, -0.25) is 0 Å². The van der Waals surface area contributed by atoms with E-state index in [0.717, 1.165) is 0 Å². The molecule has 0 N–H and O–H groups in total. The summed E-state index contributed by atoms with van der Waals surface area (Å²) < 4.78 is 1.35. The second kappa shape index (κ2) is 6.35. The van der Waals surface area contributed by atoms with Gasteiger partial charge in [0.15, 0.2) is 0 Å². The third kappa shape index (κ3) is 2.79. The molecule has 0 spiro atoms. The van der Waals surface area contributed by atoms with Crippen molar-refractivity contribution in [2.24, 2.45) is 0 Å². The Morgan fingerprint density at radius 1 is 0.944 bits per heavy atom. The molecule has 0 unspecified atom stereocenters. The van der Waals surface area contributed by atoms with E-state index >= 15 is 0 Å². The molecule has 1 aromatic carbocycles. The number of rotatable bonds is 0. The van der Waals surface area contributed by atoms with Crippen LogP contribution < -0.4 is 10.4 Å². The zero-order valence-corrected chi connectivity index (χ0v) is 13.0. The molecule has 0 aliphatic heterocycles. The summed E-state index contributed by atoms with van der Waals surface area (Å²) in [4.78, 5) is 6.32. The van der Waals surface area contributed by atoms with Crippen LogP contribution in [0.15, 0.2) is 12.1 Å². The molecule has 6 heteroatoms. The molecule has 4 nitrogen and oxygen atoms in total. The van der Waals surface area contributed by atoms with Crippen molar-refractivity contribution in [1.82, 2.24) is 0 Å². The molecule has 0 aliphatic carbocycles. The van der Waals surface area contributed by atoms with Crippen molar-refractivity contribution in [3.05, 3.63) is 52.5 Å². The molecule has 0 fully saturated rings. The van der Waals surface area contributed by atoms with Crippen LogP contribution in [0.2, 0.25) is 0 Å². The predicted molar refractivity (Wildman–Crippen MR) is 82.4 cm³/mol. The van der Waals surface area contributed by atoms with Crippen molar-refractivity contribution in [2.75, 3.05) is 0 Å². The van der Waals surface area contributed by atoms with E-state index in [2.05, 4.69) is 9.69 Å². The summed E-state index contributed by atoms with van der Waals surface area (Å²) in [5.74, 6) is 0. The maximum absolute atomic E-state index is 8.85. The van der Waals surface area contributed by atoms with Crippen LogP contribution in [-0.4, -0.2) is 0 Å². The van der Waals surface area contributed by atoms with E-state index < -0.39 is 0 Å². The van der Waals surface area contributed by atoms with Crippen LogP contribution in [0.1, 0.15) is 0 Å². The fraction of sp³-hybridized carbons (Fsp3) is 0. The highest BCUT2D eigenvalue weighted by atomic mass is 127. The molecule has 0 atom stereocenters. The van der Waals surface area contributed by atoms with Gasteiger partial charge >= 0.3 is 0 Å². The van der Waals surface area contributed by atoms with E-state index in [9.17, 15) is 0 Å². The molecule has 0 bridgehead atoms. The van der Waals surface area contributed by atoms with Gasteiger partial charge in [0.05, 0.1) is 25.3 Å². The summed E-state index contributed by atoms with van der Waals surface area (Å²) in [7, 11) is 0. The SMILES string of the molecule is [C-]#[N+]/C(C#N)=c1/cc(I)/c(=C(\C#N)[N+]#[C-])cc1I. The Bertz CT molecular complexity index is 693. The Labute approximate surface area is 131 Å². The third-order valence-electron chi connectivity index (χ3n) is 2.00. The third-order valence-corrected chi connectivity index (χ3v) is 3.79. The summed E-state index contributed by atoms with van der Waals surface area (Å²) in [6.45, 7) is 13.9. The second-order valence-electron chi connectivity index (χ2n) is 2.96. The normalized spacial score (nSPS) is 12.3. The number of hydrogen-bond donors (Lipinski definition) is 0. The standard InChI is InChI=1S/C12H2I2N4/c1-17-11(5-15)7-3-10(14)8(4-9(7)13)12(6-16)18-2/h3-4H/b11-7-,12-8+. The quantitative estimate of drug-likeness (QED) is 0.444. The average Bonchev–Trinajstić information content (AvgIpc) is 2.37. The van der Waals surface area contributed by atoms with E-state index in [-0.39, 0.29) is 11.4 Å². The molecule has 84 valence electrons. The first-order chi connectivity index (χ1) is 8.58. The summed E-state index contributed by atoms with van der Waals surface area (Å²) >= 11 is 3.97. The van der Waals surface area contributed by atoms with Gasteiger partial charge in [-0.05, 0) is 45.2 Å². The molecule has 0 saturated heterocycles. The van der Waals surface area contributed by atoms with Crippen molar-refractivity contribution in [1.29, 1.82) is 10.5 Å². The number of hydrogen-bond acceptors (Lipinski definition) is 2. The molecule has 1 aromatic rings. The summed E-state index contributed by atoms with van der Waals surface area (Å²) in [5.41, 5.74) is 0.00960. The minimum Gasteiger partial charge on any atom is -0.226 e. The Kier molecular flexibility index (Phi) is 5.09. The lowest BCUT2D eigenvalue weighted by atomic mass is 10.2. The highest BCUT2D eigenvalue weighted by molar-refractivity contribution is 14.1. The molecular weight excluding hydrogens is 454 g/mol. The zero-order valence-electron chi connectivity index (χ0n) is 8.70. The minimum atomic E-state index is 0.00480. The molecular formula is C12H2I2N4. The van der Waals surface area contributed by atoms with Crippen LogP contribution in [0.25, 0.3) is 21.1 Å². The fourth-order valence-electron chi connectivity index (χ4n) is 1.20.